The standard InChI is InChI=1S/C27H42N4O10S/c1-4-6-8-22(30-26(36)21(28)14-18-10-12-20(13-11-18)41-42(38,39)40)24(33)16-29-23(9-7-5-2)27(37)31(3)19(17-32)15-25(34)35/h10-13,17,19,21-23,29H,4-9,14-16,28H2,1-3H3,(H,30,36)(H,34,35)(H,38,39,40)/t19-,21+,22+,23+/m1/s1/i/hD. The third kappa shape index (κ3) is 13.5. The molecule has 236 valence electrons. The van der Waals surface area contributed by atoms with E-state index in [2.05, 4.69) is 20.5 Å². The molecule has 0 saturated carbocycles. The molecule has 42 heavy (non-hydrogen) atoms. The summed E-state index contributed by atoms with van der Waals surface area (Å²) in [6, 6.07) is 1.44. The first kappa shape index (κ1) is 34.8. The van der Waals surface area contributed by atoms with Crippen LogP contribution >= 0.6 is 0 Å². The number of aldehydes is 1. The van der Waals surface area contributed by atoms with E-state index in [9.17, 15) is 32.4 Å². The number of carbonyl (C=O) groups excluding carboxylic acids is 4. The number of carboxylic acids is 1. The Balaban J connectivity index is 2.95. The van der Waals surface area contributed by atoms with Gasteiger partial charge in [0.05, 0.1) is 37.1 Å². The summed E-state index contributed by atoms with van der Waals surface area (Å²) in [6.45, 7) is 3.56. The molecule has 0 radical (unpaired) electrons. The molecule has 15 heteroatoms. The lowest BCUT2D eigenvalue weighted by Crippen LogP contribution is -2.54. The number of nitrogens with one attached hydrogen (secondary N) is 2. The zero-order valence-corrected chi connectivity index (χ0v) is 24.9. The van der Waals surface area contributed by atoms with E-state index in [1.165, 1.54) is 31.3 Å². The number of nitrogens with two attached hydrogens (primary N) is 1. The van der Waals surface area contributed by atoms with Gasteiger partial charge in [-0.2, -0.15) is 8.42 Å². The third-order valence-electron chi connectivity index (χ3n) is 6.49. The monoisotopic (exact) mass is 615 g/mol. The van der Waals surface area contributed by atoms with E-state index in [0.29, 0.717) is 37.5 Å². The van der Waals surface area contributed by atoms with Gasteiger partial charge in [-0.05, 0) is 37.0 Å². The van der Waals surface area contributed by atoms with Gasteiger partial charge in [0.15, 0.2) is 5.78 Å². The molecule has 0 spiro atoms. The van der Waals surface area contributed by atoms with E-state index in [4.69, 9.17) is 11.1 Å². The van der Waals surface area contributed by atoms with Crippen LogP contribution in [-0.4, -0.2) is 90.6 Å². The molecule has 0 aliphatic carbocycles. The number of amides is 2. The highest BCUT2D eigenvalue weighted by Crippen LogP contribution is 2.15. The molecule has 14 nitrogen and oxygen atoms in total. The van der Waals surface area contributed by atoms with E-state index in [0.717, 1.165) is 17.7 Å². The van der Waals surface area contributed by atoms with Gasteiger partial charge in [-0.15, -0.1) is 0 Å². The maximum Gasteiger partial charge on any atom is 0.446 e. The lowest BCUT2D eigenvalue weighted by atomic mass is 10.0. The van der Waals surface area contributed by atoms with Crippen LogP contribution in [0.1, 0.15) is 64.4 Å². The molecule has 0 heterocycles. The summed E-state index contributed by atoms with van der Waals surface area (Å²) in [7, 11) is -3.36. The van der Waals surface area contributed by atoms with Crippen molar-refractivity contribution < 1.29 is 47.6 Å². The van der Waals surface area contributed by atoms with Gasteiger partial charge in [0.1, 0.15) is 13.4 Å². The van der Waals surface area contributed by atoms with E-state index in [1.807, 2.05) is 13.8 Å². The van der Waals surface area contributed by atoms with Gasteiger partial charge in [-0.1, -0.05) is 51.7 Å². The van der Waals surface area contributed by atoms with Gasteiger partial charge >= 0.3 is 16.4 Å². The summed E-state index contributed by atoms with van der Waals surface area (Å²) in [4.78, 5) is 62.9. The minimum atomic E-state index is -4.69. The highest BCUT2D eigenvalue weighted by molar-refractivity contribution is 7.81. The van der Waals surface area contributed by atoms with Crippen molar-refractivity contribution in [1.82, 2.24) is 15.5 Å². The van der Waals surface area contributed by atoms with Crippen molar-refractivity contribution in [2.24, 2.45) is 5.73 Å². The fraction of sp³-hybridized carbons (Fsp3) is 0.593. The van der Waals surface area contributed by atoms with Crippen molar-refractivity contribution in [3.63, 3.8) is 0 Å². The molecular weight excluding hydrogens is 572 g/mol. The molecule has 6 N–H and O–H groups in total. The average Bonchev–Trinajstić information content (AvgIpc) is 2.95. The maximum atomic E-state index is 13.2. The van der Waals surface area contributed by atoms with Crippen molar-refractivity contribution in [1.29, 1.82) is 0 Å². The molecule has 0 fully saturated rings. The molecule has 0 aromatic heterocycles. The Kier molecular flexibility index (Phi) is 15.1. The van der Waals surface area contributed by atoms with Gasteiger partial charge in [0.2, 0.25) is 11.8 Å². The molecular formula is C27H42N4O10S. The number of hydrogen-bond donors (Lipinski definition) is 5. The number of ketones is 1. The zero-order chi connectivity index (χ0) is 32.6. The molecule has 0 unspecified atom stereocenters. The first-order valence-corrected chi connectivity index (χ1v) is 15.1. The van der Waals surface area contributed by atoms with Crippen LogP contribution in [0.25, 0.3) is 0 Å². The number of rotatable bonds is 22. The predicted molar refractivity (Wildman–Crippen MR) is 153 cm³/mol. The van der Waals surface area contributed by atoms with Crippen LogP contribution in [0.3, 0.4) is 0 Å². The maximum absolute atomic E-state index is 13.2. The number of unbranched alkanes of at least 4 members (excludes halogenated alkanes) is 2. The first-order valence-electron chi connectivity index (χ1n) is 14.2. The minimum Gasteiger partial charge on any atom is -0.481 e. The lowest BCUT2D eigenvalue weighted by molar-refractivity contribution is -0.143. The fourth-order valence-corrected chi connectivity index (χ4v) is 4.41. The number of Topliss-reactive ketones (excluding diaryl/α,β-unsaturated/α-hetero) is 1. The molecule has 0 saturated heterocycles. The number of benzene rings is 1. The van der Waals surface area contributed by atoms with Gasteiger partial charge in [-0.3, -0.25) is 29.0 Å². The van der Waals surface area contributed by atoms with Crippen LogP contribution in [-0.2, 0) is 40.8 Å². The van der Waals surface area contributed by atoms with Gasteiger partial charge in [0.25, 0.3) is 0 Å². The summed E-state index contributed by atoms with van der Waals surface area (Å²) in [5.74, 6) is -2.92. The Labute approximate surface area is 247 Å². The van der Waals surface area contributed by atoms with Crippen LogP contribution in [0, 0.1) is 0 Å². The van der Waals surface area contributed by atoms with Crippen LogP contribution in [0.5, 0.6) is 5.75 Å². The summed E-state index contributed by atoms with van der Waals surface area (Å²) >= 11 is 0. The number of nitrogens with zero attached hydrogens (tertiary/aromatic N) is 1. The second kappa shape index (κ2) is 18.2. The Bertz CT molecular complexity index is 1180. The van der Waals surface area contributed by atoms with Crippen molar-refractivity contribution in [3.8, 4) is 5.75 Å². The van der Waals surface area contributed by atoms with Crippen LogP contribution in [0.15, 0.2) is 24.3 Å². The summed E-state index contributed by atoms with van der Waals surface area (Å²) in [6.07, 6.45) is 3.25. The number of carbonyl (C=O) groups is 5. The SMILES string of the molecule is [2H]N[C@@H](Cc1ccc(OS(=O)(=O)O)cc1)C(=O)N[C@@H](CCCC)C(=O)CN[C@@H](CCCC)C(=O)N(C)[C@@H](C=O)CC(=O)O. The lowest BCUT2D eigenvalue weighted by Gasteiger charge is -2.28. The number of aliphatic carboxylic acids is 1. The molecule has 1 aromatic carbocycles. The Morgan fingerprint density at radius 2 is 1.69 bits per heavy atom. The van der Waals surface area contributed by atoms with E-state index in [-0.39, 0.29) is 18.7 Å². The summed E-state index contributed by atoms with van der Waals surface area (Å²) < 4.78 is 42.5. The normalized spacial score (nSPS) is 14.5. The summed E-state index contributed by atoms with van der Waals surface area (Å²) in [5.41, 5.74) is 2.70. The minimum absolute atomic E-state index is 0.0165. The van der Waals surface area contributed by atoms with E-state index < -0.39 is 64.6 Å². The number of hydrogen-bond acceptors (Lipinski definition) is 10. The molecule has 2 amide bonds. The number of likely N-dealkylation sites (N-methyl/N-ethyl adjacent to an activating group) is 1. The smallest absolute Gasteiger partial charge is 0.446 e. The van der Waals surface area contributed by atoms with Crippen molar-refractivity contribution >= 4 is 40.3 Å². The molecule has 4 atom stereocenters. The van der Waals surface area contributed by atoms with E-state index in [1.54, 1.807) is 0 Å². The Morgan fingerprint density at radius 1 is 1.10 bits per heavy atom. The van der Waals surface area contributed by atoms with Crippen LogP contribution in [0.2, 0.25) is 1.41 Å². The van der Waals surface area contributed by atoms with Gasteiger partial charge < -0.3 is 30.0 Å². The summed E-state index contributed by atoms with van der Waals surface area (Å²) in [5, 5.41) is 14.7. The predicted octanol–water partition coefficient (Wildman–Crippen LogP) is 0.631. The zero-order valence-electron chi connectivity index (χ0n) is 25.1. The molecule has 0 bridgehead atoms. The molecule has 1 rings (SSSR count). The van der Waals surface area contributed by atoms with Gasteiger partial charge in [0, 0.05) is 7.05 Å². The largest absolute Gasteiger partial charge is 0.481 e. The van der Waals surface area contributed by atoms with Crippen LogP contribution in [0.4, 0.5) is 0 Å². The molecule has 0 aliphatic heterocycles. The first-order chi connectivity index (χ1) is 20.3. The van der Waals surface area contributed by atoms with Crippen molar-refractivity contribution in [3.05, 3.63) is 29.8 Å². The fourth-order valence-electron chi connectivity index (χ4n) is 4.06. The van der Waals surface area contributed by atoms with Crippen molar-refractivity contribution in [2.45, 2.75) is 89.4 Å². The second-order valence-electron chi connectivity index (χ2n) is 9.91. The van der Waals surface area contributed by atoms with Gasteiger partial charge in [-0.25, -0.2) is 0 Å². The quantitative estimate of drug-likeness (QED) is 0.0895. The molecule has 0 aliphatic rings. The topological polar surface area (TPSA) is 222 Å². The Morgan fingerprint density at radius 3 is 2.19 bits per heavy atom. The molecule has 1 aromatic rings. The Hall–Kier alpha value is -3.40. The highest BCUT2D eigenvalue weighted by Gasteiger charge is 2.30. The third-order valence-corrected chi connectivity index (χ3v) is 6.89. The van der Waals surface area contributed by atoms with Crippen molar-refractivity contribution in [2.75, 3.05) is 13.6 Å². The average molecular weight is 616 g/mol. The number of carboxylic acid groups (broad SMARTS) is 1. The van der Waals surface area contributed by atoms with E-state index >= 15 is 0 Å². The second-order valence-corrected chi connectivity index (χ2v) is 10.9. The van der Waals surface area contributed by atoms with Crippen LogP contribution < -0.4 is 20.5 Å². The highest BCUT2D eigenvalue weighted by atomic mass is 32.3.